The number of nitrogens with two attached hydrogens (primary N) is 1. The molecule has 2 aromatic rings. The lowest BCUT2D eigenvalue weighted by molar-refractivity contribution is 0.0490. The molecule has 3 N–H and O–H groups in total. The van der Waals surface area contributed by atoms with Gasteiger partial charge in [-0.25, -0.2) is 4.79 Å². The molecule has 180 valence electrons. The summed E-state index contributed by atoms with van der Waals surface area (Å²) >= 11 is 0. The zero-order valence-corrected chi connectivity index (χ0v) is 21.6. The predicted octanol–water partition coefficient (Wildman–Crippen LogP) is 6.41. The highest BCUT2D eigenvalue weighted by atomic mass is 35.5. The minimum Gasteiger partial charge on any atom is -0.444 e. The van der Waals surface area contributed by atoms with E-state index in [0.29, 0.717) is 11.8 Å². The molecule has 2 atom stereocenters. The van der Waals surface area contributed by atoms with E-state index in [-0.39, 0.29) is 30.6 Å². The molecule has 0 aliphatic carbocycles. The molecule has 0 fully saturated rings. The van der Waals surface area contributed by atoms with E-state index in [9.17, 15) is 4.79 Å². The molecule has 0 saturated heterocycles. The van der Waals surface area contributed by atoms with Gasteiger partial charge in [-0.3, -0.25) is 0 Å². The molecular formula is C27H43ClN2O2. The van der Waals surface area contributed by atoms with Crippen LogP contribution in [0.1, 0.15) is 59.6 Å². The fourth-order valence-corrected chi connectivity index (χ4v) is 2.90. The van der Waals surface area contributed by atoms with Gasteiger partial charge in [0.25, 0.3) is 0 Å². The highest BCUT2D eigenvalue weighted by molar-refractivity contribution is 5.85. The monoisotopic (exact) mass is 462 g/mol. The highest BCUT2D eigenvalue weighted by Crippen LogP contribution is 2.12. The van der Waals surface area contributed by atoms with E-state index in [1.807, 2.05) is 45.0 Å². The summed E-state index contributed by atoms with van der Waals surface area (Å²) in [6.45, 7) is 14.1. The number of hydrogen-bond donors (Lipinski definition) is 2. The second kappa shape index (κ2) is 14.9. The Morgan fingerprint density at radius 2 is 1.28 bits per heavy atom. The number of nitrogens with one attached hydrogen (secondary N) is 1. The standard InChI is InChI=1S/C16H25NO2.C11H17N.ClH/c1-12(2)14(11-13-9-7-6-8-10-13)17-15(18)19-16(3,4)5;1-9(2)11(12)8-10-6-4-3-5-7-10;/h6-10,12,14H,11H2,1-5H3,(H,17,18);3-7,9,11H,8,12H2,1-2H3;1H/t14-;11-;/m11./s1. The van der Waals surface area contributed by atoms with Crippen molar-refractivity contribution in [2.45, 2.75) is 79.0 Å². The molecule has 0 bridgehead atoms. The number of halogens is 1. The number of benzene rings is 2. The summed E-state index contributed by atoms with van der Waals surface area (Å²) in [4.78, 5) is 11.8. The maximum absolute atomic E-state index is 11.8. The maximum atomic E-state index is 11.8. The van der Waals surface area contributed by atoms with Crippen LogP contribution in [-0.4, -0.2) is 23.8 Å². The first-order valence-electron chi connectivity index (χ1n) is 11.3. The van der Waals surface area contributed by atoms with Gasteiger partial charge in [0, 0.05) is 12.1 Å². The van der Waals surface area contributed by atoms with Crippen molar-refractivity contribution in [1.29, 1.82) is 0 Å². The summed E-state index contributed by atoms with van der Waals surface area (Å²) in [5, 5.41) is 2.96. The molecule has 0 spiro atoms. The minimum absolute atomic E-state index is 0. The summed E-state index contributed by atoms with van der Waals surface area (Å²) in [7, 11) is 0. The van der Waals surface area contributed by atoms with Crippen molar-refractivity contribution in [2.24, 2.45) is 17.6 Å². The van der Waals surface area contributed by atoms with Crippen LogP contribution in [0.5, 0.6) is 0 Å². The number of carbonyl (C=O) groups is 1. The number of hydrogen-bond acceptors (Lipinski definition) is 3. The number of ether oxygens (including phenoxy) is 1. The van der Waals surface area contributed by atoms with Crippen LogP contribution in [0.2, 0.25) is 0 Å². The highest BCUT2D eigenvalue weighted by Gasteiger charge is 2.21. The summed E-state index contributed by atoms with van der Waals surface area (Å²) in [6, 6.07) is 20.9. The molecule has 1 amide bonds. The lowest BCUT2D eigenvalue weighted by atomic mass is 9.96. The van der Waals surface area contributed by atoms with Gasteiger partial charge in [0.05, 0.1) is 0 Å². The molecule has 5 heteroatoms. The Bertz CT molecular complexity index is 743. The van der Waals surface area contributed by atoms with Crippen molar-refractivity contribution in [2.75, 3.05) is 0 Å². The van der Waals surface area contributed by atoms with Crippen LogP contribution in [0.4, 0.5) is 4.79 Å². The molecule has 32 heavy (non-hydrogen) atoms. The molecule has 0 heterocycles. The van der Waals surface area contributed by atoms with Gasteiger partial charge in [0.2, 0.25) is 0 Å². The summed E-state index contributed by atoms with van der Waals surface area (Å²) in [6.07, 6.45) is 1.46. The van der Waals surface area contributed by atoms with E-state index in [2.05, 4.69) is 69.4 Å². The molecule has 0 radical (unpaired) electrons. The Balaban J connectivity index is 0.000000639. The topological polar surface area (TPSA) is 64.3 Å². The van der Waals surface area contributed by atoms with E-state index < -0.39 is 5.60 Å². The smallest absolute Gasteiger partial charge is 0.407 e. The Morgan fingerprint density at radius 3 is 1.66 bits per heavy atom. The first kappa shape index (κ1) is 30.0. The SMILES string of the molecule is CC(C)[C@@H](Cc1ccccc1)NC(=O)OC(C)(C)C.CC(C)[C@H](N)Cc1ccccc1.Cl. The Hall–Kier alpha value is -2.04. The number of alkyl carbamates (subject to hydrolysis) is 1. The van der Waals surface area contributed by atoms with Gasteiger partial charge < -0.3 is 15.8 Å². The third-order valence-electron chi connectivity index (χ3n) is 4.98. The molecule has 0 aromatic heterocycles. The minimum atomic E-state index is -0.460. The van der Waals surface area contributed by atoms with Gasteiger partial charge >= 0.3 is 6.09 Å². The lowest BCUT2D eigenvalue weighted by Gasteiger charge is -2.26. The van der Waals surface area contributed by atoms with Crippen molar-refractivity contribution >= 4 is 18.5 Å². The lowest BCUT2D eigenvalue weighted by Crippen LogP contribution is -2.42. The van der Waals surface area contributed by atoms with Gasteiger partial charge in [0.1, 0.15) is 5.60 Å². The van der Waals surface area contributed by atoms with Crippen molar-refractivity contribution in [1.82, 2.24) is 5.32 Å². The average molecular weight is 463 g/mol. The summed E-state index contributed by atoms with van der Waals surface area (Å²) in [5.41, 5.74) is 8.04. The fraction of sp³-hybridized carbons (Fsp3) is 0.519. The maximum Gasteiger partial charge on any atom is 0.407 e. The third-order valence-corrected chi connectivity index (χ3v) is 4.98. The first-order chi connectivity index (χ1) is 14.5. The van der Waals surface area contributed by atoms with Crippen LogP contribution < -0.4 is 11.1 Å². The second-order valence-corrected chi connectivity index (χ2v) is 9.78. The van der Waals surface area contributed by atoms with E-state index in [4.69, 9.17) is 10.5 Å². The zero-order chi connectivity index (χ0) is 23.4. The van der Waals surface area contributed by atoms with Crippen molar-refractivity contribution in [3.8, 4) is 0 Å². The quantitative estimate of drug-likeness (QED) is 0.499. The van der Waals surface area contributed by atoms with Crippen LogP contribution in [0, 0.1) is 11.8 Å². The largest absolute Gasteiger partial charge is 0.444 e. The van der Waals surface area contributed by atoms with Crippen LogP contribution in [0.3, 0.4) is 0 Å². The van der Waals surface area contributed by atoms with Crippen LogP contribution in [0.25, 0.3) is 0 Å². The summed E-state index contributed by atoms with van der Waals surface area (Å²) < 4.78 is 5.31. The van der Waals surface area contributed by atoms with Crippen molar-refractivity contribution in [3.63, 3.8) is 0 Å². The van der Waals surface area contributed by atoms with Crippen LogP contribution in [-0.2, 0) is 17.6 Å². The Morgan fingerprint density at radius 1 is 0.844 bits per heavy atom. The van der Waals surface area contributed by atoms with E-state index in [0.717, 1.165) is 12.8 Å². The fourth-order valence-electron chi connectivity index (χ4n) is 2.90. The molecule has 0 aliphatic rings. The van der Waals surface area contributed by atoms with Crippen molar-refractivity contribution < 1.29 is 9.53 Å². The van der Waals surface area contributed by atoms with E-state index in [1.54, 1.807) is 0 Å². The Kier molecular flexibility index (Phi) is 14.0. The normalized spacial score (nSPS) is 12.8. The van der Waals surface area contributed by atoms with E-state index >= 15 is 0 Å². The number of amides is 1. The molecule has 2 rings (SSSR count). The van der Waals surface area contributed by atoms with Gasteiger partial charge in [-0.1, -0.05) is 88.4 Å². The van der Waals surface area contributed by atoms with Gasteiger partial charge in [-0.2, -0.15) is 0 Å². The van der Waals surface area contributed by atoms with E-state index in [1.165, 1.54) is 11.1 Å². The van der Waals surface area contributed by atoms with Crippen molar-refractivity contribution in [3.05, 3.63) is 71.8 Å². The van der Waals surface area contributed by atoms with Gasteiger partial charge in [-0.15, -0.1) is 12.4 Å². The molecular weight excluding hydrogens is 420 g/mol. The first-order valence-corrected chi connectivity index (χ1v) is 11.3. The molecule has 2 aromatic carbocycles. The molecule has 0 saturated carbocycles. The number of rotatable bonds is 7. The van der Waals surface area contributed by atoms with Crippen LogP contribution in [0.15, 0.2) is 60.7 Å². The van der Waals surface area contributed by atoms with Gasteiger partial charge in [0.15, 0.2) is 0 Å². The Labute approximate surface area is 201 Å². The molecule has 4 nitrogen and oxygen atoms in total. The number of carbonyl (C=O) groups excluding carboxylic acids is 1. The molecule has 0 unspecified atom stereocenters. The van der Waals surface area contributed by atoms with Crippen LogP contribution >= 0.6 is 12.4 Å². The summed E-state index contributed by atoms with van der Waals surface area (Å²) in [5.74, 6) is 0.915. The second-order valence-electron chi connectivity index (χ2n) is 9.78. The average Bonchev–Trinajstić information content (AvgIpc) is 2.68. The predicted molar refractivity (Wildman–Crippen MR) is 138 cm³/mol. The van der Waals surface area contributed by atoms with Gasteiger partial charge in [-0.05, 0) is 56.6 Å². The zero-order valence-electron chi connectivity index (χ0n) is 20.8. The third kappa shape index (κ3) is 13.4. The molecule has 0 aliphatic heterocycles.